The van der Waals surface area contributed by atoms with Crippen molar-refractivity contribution in [2.75, 3.05) is 18.2 Å². The third-order valence-corrected chi connectivity index (χ3v) is 7.33. The van der Waals surface area contributed by atoms with Crippen LogP contribution in [0.3, 0.4) is 0 Å². The first-order chi connectivity index (χ1) is 19.0. The van der Waals surface area contributed by atoms with E-state index in [9.17, 15) is 23.1 Å². The van der Waals surface area contributed by atoms with E-state index in [4.69, 9.17) is 14.2 Å². The molecule has 0 saturated carbocycles. The Morgan fingerprint density at radius 3 is 2.17 bits per heavy atom. The quantitative estimate of drug-likeness (QED) is 0.224. The van der Waals surface area contributed by atoms with Gasteiger partial charge in [0, 0.05) is 23.4 Å². The van der Waals surface area contributed by atoms with E-state index in [1.54, 1.807) is 37.3 Å². The van der Waals surface area contributed by atoms with Crippen molar-refractivity contribution in [2.45, 2.75) is 24.8 Å². The largest absolute Gasteiger partial charge is 0.488 e. The number of nitrogens with zero attached hydrogens (tertiary/aromatic N) is 1. The molecule has 208 valence electrons. The van der Waals surface area contributed by atoms with Crippen molar-refractivity contribution in [3.05, 3.63) is 84.1 Å². The maximum absolute atomic E-state index is 13.1. The van der Waals surface area contributed by atoms with Crippen molar-refractivity contribution >= 4 is 38.0 Å². The van der Waals surface area contributed by atoms with Gasteiger partial charge in [-0.05, 0) is 74.5 Å². The Labute approximate surface area is 235 Å². The van der Waals surface area contributed by atoms with Gasteiger partial charge in [0.25, 0.3) is 5.91 Å². The highest BCUT2D eigenvalue weighted by Gasteiger charge is 2.16. The van der Waals surface area contributed by atoms with Crippen LogP contribution >= 0.6 is 11.3 Å². The van der Waals surface area contributed by atoms with Gasteiger partial charge in [-0.2, -0.15) is 0 Å². The van der Waals surface area contributed by atoms with Crippen LogP contribution < -0.4 is 19.5 Å². The summed E-state index contributed by atoms with van der Waals surface area (Å²) in [4.78, 5) is 28.9. The smallest absolute Gasteiger partial charge is 0.257 e. The van der Waals surface area contributed by atoms with Crippen LogP contribution in [0.2, 0.25) is 0 Å². The topological polar surface area (TPSA) is 141 Å². The summed E-state index contributed by atoms with van der Waals surface area (Å²) in [6.45, 7) is 2.91. The number of anilines is 1. The monoisotopic (exact) mass is 582 g/mol. The van der Waals surface area contributed by atoms with Crippen molar-refractivity contribution in [2.24, 2.45) is 0 Å². The number of aromatic nitrogens is 1. The second kappa shape index (κ2) is 12.3. The van der Waals surface area contributed by atoms with E-state index in [-0.39, 0.29) is 39.5 Å². The number of carbonyl (C=O) groups is 2. The van der Waals surface area contributed by atoms with E-state index in [0.29, 0.717) is 22.1 Å². The molecule has 40 heavy (non-hydrogen) atoms. The highest BCUT2D eigenvalue weighted by molar-refractivity contribution is 7.90. The number of hydrogen-bond acceptors (Lipinski definition) is 10. The zero-order valence-electron chi connectivity index (χ0n) is 21.8. The lowest BCUT2D eigenvalue weighted by atomic mass is 10.1. The summed E-state index contributed by atoms with van der Waals surface area (Å²) in [5.74, 6) is 0.871. The Morgan fingerprint density at radius 2 is 1.55 bits per heavy atom. The second-order valence-electron chi connectivity index (χ2n) is 8.77. The van der Waals surface area contributed by atoms with Crippen molar-refractivity contribution in [3.8, 4) is 28.1 Å². The molecule has 1 heterocycles. The number of benzene rings is 3. The number of carbonyl (C=O) groups excluding carboxylic acids is 2. The predicted molar refractivity (Wildman–Crippen MR) is 150 cm³/mol. The Morgan fingerprint density at radius 1 is 0.925 bits per heavy atom. The number of ketones is 1. The van der Waals surface area contributed by atoms with Crippen LogP contribution in [0.4, 0.5) is 5.13 Å². The molecule has 1 aromatic heterocycles. The SMILES string of the molecule is CC(=O)c1ccc(Oc2cnc(NC(=O)c3cc(Oc4ccc(S(C)(=O)=O)cc4)cc(O[C@@H](C)CO)c3)s2)cc1. The van der Waals surface area contributed by atoms with Crippen molar-refractivity contribution in [1.82, 2.24) is 4.98 Å². The summed E-state index contributed by atoms with van der Waals surface area (Å²) in [5.41, 5.74) is 0.765. The molecule has 0 aliphatic carbocycles. The highest BCUT2D eigenvalue weighted by Crippen LogP contribution is 2.32. The molecule has 0 unspecified atom stereocenters. The maximum Gasteiger partial charge on any atom is 0.257 e. The molecule has 12 heteroatoms. The van der Waals surface area contributed by atoms with E-state index >= 15 is 0 Å². The van der Waals surface area contributed by atoms with Gasteiger partial charge in [0.15, 0.2) is 20.8 Å². The fourth-order valence-corrected chi connectivity index (χ4v) is 4.71. The van der Waals surface area contributed by atoms with Gasteiger partial charge in [-0.15, -0.1) is 0 Å². The van der Waals surface area contributed by atoms with Gasteiger partial charge < -0.3 is 19.3 Å². The lowest BCUT2D eigenvalue weighted by molar-refractivity contribution is 0.101. The lowest BCUT2D eigenvalue weighted by Crippen LogP contribution is -2.17. The summed E-state index contributed by atoms with van der Waals surface area (Å²) in [7, 11) is -3.36. The van der Waals surface area contributed by atoms with E-state index in [0.717, 1.165) is 17.6 Å². The average molecular weight is 583 g/mol. The van der Waals surface area contributed by atoms with Gasteiger partial charge in [0.1, 0.15) is 29.1 Å². The van der Waals surface area contributed by atoms with Crippen LogP contribution in [-0.4, -0.2) is 49.2 Å². The number of nitrogens with one attached hydrogen (secondary N) is 1. The summed E-state index contributed by atoms with van der Waals surface area (Å²) in [6.07, 6.45) is 2.04. The summed E-state index contributed by atoms with van der Waals surface area (Å²) < 4.78 is 40.8. The normalized spacial score (nSPS) is 11.9. The van der Waals surface area contributed by atoms with Crippen LogP contribution in [0.25, 0.3) is 0 Å². The Hall–Kier alpha value is -4.26. The van der Waals surface area contributed by atoms with Gasteiger partial charge in [-0.25, -0.2) is 13.4 Å². The summed E-state index contributed by atoms with van der Waals surface area (Å²) in [6, 6.07) is 17.1. The number of ether oxygens (including phenoxy) is 3. The van der Waals surface area contributed by atoms with E-state index < -0.39 is 21.8 Å². The van der Waals surface area contributed by atoms with Gasteiger partial charge in [0.2, 0.25) is 5.06 Å². The van der Waals surface area contributed by atoms with Gasteiger partial charge in [-0.3, -0.25) is 14.9 Å². The van der Waals surface area contributed by atoms with Gasteiger partial charge >= 0.3 is 0 Å². The molecule has 0 spiro atoms. The van der Waals surface area contributed by atoms with Crippen molar-refractivity contribution < 1.29 is 37.3 Å². The molecule has 3 aromatic carbocycles. The third-order valence-electron chi connectivity index (χ3n) is 5.41. The Balaban J connectivity index is 1.51. The number of thiazole rings is 1. The van der Waals surface area contributed by atoms with Crippen LogP contribution in [-0.2, 0) is 9.84 Å². The second-order valence-corrected chi connectivity index (χ2v) is 11.8. The molecule has 0 saturated heterocycles. The molecule has 0 fully saturated rings. The molecule has 4 rings (SSSR count). The van der Waals surface area contributed by atoms with Crippen molar-refractivity contribution in [1.29, 1.82) is 0 Å². The Kier molecular flexibility index (Phi) is 8.83. The molecule has 0 bridgehead atoms. The first-order valence-electron chi connectivity index (χ1n) is 12.0. The van der Waals surface area contributed by atoms with Crippen molar-refractivity contribution in [3.63, 3.8) is 0 Å². The van der Waals surface area contributed by atoms with Gasteiger partial charge in [-0.1, -0.05) is 11.3 Å². The van der Waals surface area contributed by atoms with E-state index in [1.807, 2.05) is 0 Å². The number of aliphatic hydroxyl groups excluding tert-OH is 1. The molecular weight excluding hydrogens is 556 g/mol. The number of hydrogen-bond donors (Lipinski definition) is 2. The molecule has 10 nitrogen and oxygen atoms in total. The molecule has 0 aliphatic rings. The van der Waals surface area contributed by atoms with Crippen LogP contribution in [0, 0.1) is 0 Å². The number of Topliss-reactive ketones (excluding diaryl/α,β-unsaturated/α-hetero) is 1. The standard InChI is InChI=1S/C28H26N2O8S2/c1-17(16-31)36-23-12-20(13-24(14-23)37-21-8-10-25(11-9-21)40(3,34)35)27(33)30-28-29-15-26(39-28)38-22-6-4-19(5-7-22)18(2)32/h4-15,17,31H,16H2,1-3H3,(H,29,30,33)/t17-/m0/s1. The highest BCUT2D eigenvalue weighted by atomic mass is 32.2. The number of sulfone groups is 1. The predicted octanol–water partition coefficient (Wildman–Crippen LogP) is 5.35. The maximum atomic E-state index is 13.1. The van der Waals surface area contributed by atoms with E-state index in [2.05, 4.69) is 10.3 Å². The molecule has 0 radical (unpaired) electrons. The summed E-state index contributed by atoms with van der Waals surface area (Å²) in [5, 5.41) is 12.8. The fourth-order valence-electron chi connectivity index (χ4n) is 3.40. The molecule has 2 N–H and O–H groups in total. The number of amides is 1. The van der Waals surface area contributed by atoms with Crippen LogP contribution in [0.15, 0.2) is 77.8 Å². The number of rotatable bonds is 11. The molecule has 1 atom stereocenters. The minimum Gasteiger partial charge on any atom is -0.488 e. The minimum atomic E-state index is -3.36. The Bertz CT molecular complexity index is 1620. The molecular formula is C28H26N2O8S2. The van der Waals surface area contributed by atoms with E-state index in [1.165, 1.54) is 49.5 Å². The van der Waals surface area contributed by atoms with Gasteiger partial charge in [0.05, 0.1) is 17.7 Å². The lowest BCUT2D eigenvalue weighted by Gasteiger charge is -2.15. The molecule has 1 amide bonds. The zero-order valence-corrected chi connectivity index (χ0v) is 23.4. The average Bonchev–Trinajstić information content (AvgIpc) is 3.35. The summed E-state index contributed by atoms with van der Waals surface area (Å²) >= 11 is 1.11. The molecule has 4 aromatic rings. The van der Waals surface area contributed by atoms with Crippen LogP contribution in [0.1, 0.15) is 34.6 Å². The first-order valence-corrected chi connectivity index (χ1v) is 14.7. The zero-order chi connectivity index (χ0) is 28.9. The fraction of sp³-hybridized carbons (Fsp3) is 0.179. The number of aliphatic hydroxyl groups is 1. The van der Waals surface area contributed by atoms with Crippen LogP contribution in [0.5, 0.6) is 28.1 Å². The minimum absolute atomic E-state index is 0.0481. The first kappa shape index (κ1) is 28.7. The third kappa shape index (κ3) is 7.65. The molecule has 0 aliphatic heterocycles.